The summed E-state index contributed by atoms with van der Waals surface area (Å²) in [6, 6.07) is 18.6. The van der Waals surface area contributed by atoms with Crippen molar-refractivity contribution in [3.8, 4) is 0 Å². The Balaban J connectivity index is 0.000000568. The Bertz CT molecular complexity index is 1250. The molecule has 0 bridgehead atoms. The SMILES string of the molecule is C=C/C=C\C=C/CN(C/C=C\C(C=C)=C/C=C)c1ccc(NC2=CCC=CC=C2)cc1.C=Cc1ccccc1. The molecule has 1 N–H and O–H groups in total. The lowest BCUT2D eigenvalue weighted by atomic mass is 10.2. The fourth-order valence-corrected chi connectivity index (χ4v) is 3.52. The molecule has 0 heterocycles. The van der Waals surface area contributed by atoms with E-state index >= 15 is 0 Å². The smallest absolute Gasteiger partial charge is 0.0385 e. The zero-order valence-corrected chi connectivity index (χ0v) is 22.8. The molecule has 0 aliphatic heterocycles. The Morgan fingerprint density at radius 2 is 1.59 bits per heavy atom. The molecule has 198 valence electrons. The van der Waals surface area contributed by atoms with Gasteiger partial charge in [0.25, 0.3) is 0 Å². The third kappa shape index (κ3) is 12.8. The average Bonchev–Trinajstić information content (AvgIpc) is 3.25. The molecule has 39 heavy (non-hydrogen) atoms. The van der Waals surface area contributed by atoms with Crippen LogP contribution in [0.4, 0.5) is 11.4 Å². The molecule has 0 unspecified atom stereocenters. The van der Waals surface area contributed by atoms with Gasteiger partial charge in [0.15, 0.2) is 0 Å². The van der Waals surface area contributed by atoms with Crippen molar-refractivity contribution in [3.63, 3.8) is 0 Å². The number of benzene rings is 2. The highest BCUT2D eigenvalue weighted by Gasteiger charge is 2.04. The van der Waals surface area contributed by atoms with E-state index in [1.54, 1.807) is 12.2 Å². The maximum atomic E-state index is 3.85. The molecule has 2 nitrogen and oxygen atoms in total. The van der Waals surface area contributed by atoms with Crippen LogP contribution < -0.4 is 10.2 Å². The Morgan fingerprint density at radius 1 is 0.821 bits per heavy atom. The standard InChI is InChI=1S/C29H32N2.C8H8/c1-4-7-8-11-14-24-31(25-15-17-26(6-3)16-5-2)29-22-20-28(21-23-29)30-27-18-12-9-10-13-19-27;1-2-8-6-4-3-5-7-8/h4-12,14-23,30H,1-3,13,24-25H2;2-7H,1H2/b8-7-,14-11-,17-15-,26-16-;. The normalized spacial score (nSPS) is 12.9. The minimum absolute atomic E-state index is 0.782. The second kappa shape index (κ2) is 19.3. The lowest BCUT2D eigenvalue weighted by Crippen LogP contribution is -2.23. The molecule has 3 rings (SSSR count). The molecular weight excluding hydrogens is 472 g/mol. The van der Waals surface area contributed by atoms with E-state index in [4.69, 9.17) is 0 Å². The molecule has 0 radical (unpaired) electrons. The number of allylic oxidation sites excluding steroid dienone is 14. The first-order valence-corrected chi connectivity index (χ1v) is 13.1. The molecule has 0 atom stereocenters. The number of rotatable bonds is 13. The van der Waals surface area contributed by atoms with Crippen LogP contribution in [0, 0.1) is 0 Å². The third-order valence-electron chi connectivity index (χ3n) is 5.56. The Morgan fingerprint density at radius 3 is 2.26 bits per heavy atom. The molecule has 0 aromatic heterocycles. The molecule has 1 aliphatic carbocycles. The van der Waals surface area contributed by atoms with E-state index in [0.717, 1.165) is 42.2 Å². The van der Waals surface area contributed by atoms with E-state index in [9.17, 15) is 0 Å². The van der Waals surface area contributed by atoms with E-state index in [1.807, 2.05) is 66.8 Å². The van der Waals surface area contributed by atoms with Gasteiger partial charge in [0, 0.05) is 30.2 Å². The Labute approximate surface area is 235 Å². The summed E-state index contributed by atoms with van der Waals surface area (Å²) >= 11 is 0. The van der Waals surface area contributed by atoms with Gasteiger partial charge in [-0.25, -0.2) is 0 Å². The molecule has 1 aliphatic rings. The van der Waals surface area contributed by atoms with Crippen LogP contribution in [0.3, 0.4) is 0 Å². The highest BCUT2D eigenvalue weighted by atomic mass is 15.1. The van der Waals surface area contributed by atoms with Gasteiger partial charge >= 0.3 is 0 Å². The van der Waals surface area contributed by atoms with Crippen LogP contribution in [-0.2, 0) is 0 Å². The molecule has 2 heteroatoms. The first-order valence-electron chi connectivity index (χ1n) is 13.1. The van der Waals surface area contributed by atoms with Crippen molar-refractivity contribution < 1.29 is 0 Å². The van der Waals surface area contributed by atoms with Crippen molar-refractivity contribution in [1.82, 2.24) is 0 Å². The monoisotopic (exact) mass is 512 g/mol. The average molecular weight is 513 g/mol. The zero-order valence-electron chi connectivity index (χ0n) is 22.8. The van der Waals surface area contributed by atoms with Gasteiger partial charge in [-0.05, 0) is 47.9 Å². The van der Waals surface area contributed by atoms with Crippen LogP contribution in [0.5, 0.6) is 0 Å². The lowest BCUT2D eigenvalue weighted by molar-refractivity contribution is 0.953. The van der Waals surface area contributed by atoms with Crippen LogP contribution in [0.15, 0.2) is 183 Å². The van der Waals surface area contributed by atoms with Gasteiger partial charge in [-0.3, -0.25) is 0 Å². The summed E-state index contributed by atoms with van der Waals surface area (Å²) in [4.78, 5) is 2.31. The summed E-state index contributed by atoms with van der Waals surface area (Å²) < 4.78 is 0. The van der Waals surface area contributed by atoms with Gasteiger partial charge in [0.1, 0.15) is 0 Å². The summed E-state index contributed by atoms with van der Waals surface area (Å²) in [6.07, 6.45) is 32.9. The quantitative estimate of drug-likeness (QED) is 0.269. The fourth-order valence-electron chi connectivity index (χ4n) is 3.52. The van der Waals surface area contributed by atoms with Gasteiger partial charge in [-0.15, -0.1) is 0 Å². The van der Waals surface area contributed by atoms with E-state index < -0.39 is 0 Å². The van der Waals surface area contributed by atoms with E-state index in [1.165, 1.54) is 5.56 Å². The number of hydrogen-bond donors (Lipinski definition) is 1. The van der Waals surface area contributed by atoms with Crippen molar-refractivity contribution in [2.45, 2.75) is 6.42 Å². The van der Waals surface area contributed by atoms with E-state index in [0.29, 0.717) is 0 Å². The number of hydrogen-bond acceptors (Lipinski definition) is 2. The molecule has 0 saturated heterocycles. The van der Waals surface area contributed by atoms with Gasteiger partial charge in [0.2, 0.25) is 0 Å². The first kappa shape index (κ1) is 30.4. The fraction of sp³-hybridized carbons (Fsp3) is 0.0811. The van der Waals surface area contributed by atoms with Crippen molar-refractivity contribution in [1.29, 1.82) is 0 Å². The maximum absolute atomic E-state index is 3.85. The Hall–Kier alpha value is -4.82. The molecule has 0 fully saturated rings. The summed E-state index contributed by atoms with van der Waals surface area (Å²) in [7, 11) is 0. The summed E-state index contributed by atoms with van der Waals surface area (Å²) in [5, 5.41) is 3.47. The highest BCUT2D eigenvalue weighted by Crippen LogP contribution is 2.20. The van der Waals surface area contributed by atoms with Crippen molar-refractivity contribution in [2.75, 3.05) is 23.3 Å². The lowest BCUT2D eigenvalue weighted by Gasteiger charge is -2.22. The van der Waals surface area contributed by atoms with Crippen LogP contribution in [0.2, 0.25) is 0 Å². The topological polar surface area (TPSA) is 15.3 Å². The van der Waals surface area contributed by atoms with Crippen molar-refractivity contribution in [3.05, 3.63) is 189 Å². The maximum Gasteiger partial charge on any atom is 0.0385 e. The summed E-state index contributed by atoms with van der Waals surface area (Å²) in [6.45, 7) is 16.5. The van der Waals surface area contributed by atoms with Gasteiger partial charge in [-0.2, -0.15) is 0 Å². The van der Waals surface area contributed by atoms with Crippen LogP contribution in [0.1, 0.15) is 12.0 Å². The predicted molar refractivity (Wildman–Crippen MR) is 176 cm³/mol. The number of anilines is 2. The number of nitrogens with zero attached hydrogens (tertiary/aromatic N) is 1. The van der Waals surface area contributed by atoms with Crippen molar-refractivity contribution in [2.24, 2.45) is 0 Å². The molecule has 0 saturated carbocycles. The van der Waals surface area contributed by atoms with Crippen LogP contribution >= 0.6 is 0 Å². The summed E-state index contributed by atoms with van der Waals surface area (Å²) in [5.41, 5.74) is 5.56. The van der Waals surface area contributed by atoms with Crippen LogP contribution in [0.25, 0.3) is 6.08 Å². The van der Waals surface area contributed by atoms with Gasteiger partial charge in [0.05, 0.1) is 0 Å². The molecule has 0 amide bonds. The predicted octanol–water partition coefficient (Wildman–Crippen LogP) is 9.79. The zero-order chi connectivity index (χ0) is 28.0. The summed E-state index contributed by atoms with van der Waals surface area (Å²) in [5.74, 6) is 0. The van der Waals surface area contributed by atoms with E-state index in [2.05, 4.69) is 109 Å². The van der Waals surface area contributed by atoms with Gasteiger partial charge in [-0.1, -0.05) is 148 Å². The largest absolute Gasteiger partial charge is 0.364 e. The second-order valence-electron chi connectivity index (χ2n) is 8.43. The molecule has 2 aromatic carbocycles. The van der Waals surface area contributed by atoms with Crippen molar-refractivity contribution >= 4 is 17.5 Å². The van der Waals surface area contributed by atoms with E-state index in [-0.39, 0.29) is 0 Å². The molecule has 2 aromatic rings. The minimum Gasteiger partial charge on any atom is -0.364 e. The Kier molecular flexibility index (Phi) is 15.1. The molecular formula is C37H40N2. The van der Waals surface area contributed by atoms with Crippen LogP contribution in [-0.4, -0.2) is 13.1 Å². The highest BCUT2D eigenvalue weighted by molar-refractivity contribution is 5.59. The van der Waals surface area contributed by atoms with Gasteiger partial charge < -0.3 is 10.2 Å². The third-order valence-corrected chi connectivity index (χ3v) is 5.56. The number of nitrogens with one attached hydrogen (secondary N) is 1. The second-order valence-corrected chi connectivity index (χ2v) is 8.43. The first-order chi connectivity index (χ1) is 19.2. The minimum atomic E-state index is 0.782. The molecule has 0 spiro atoms.